The third-order valence-corrected chi connectivity index (χ3v) is 12.8. The van der Waals surface area contributed by atoms with Crippen molar-refractivity contribution in [1.29, 1.82) is 0 Å². The molecule has 0 radical (unpaired) electrons. The Labute approximate surface area is 217 Å². The van der Waals surface area contributed by atoms with Gasteiger partial charge in [0, 0.05) is 0 Å². The predicted octanol–water partition coefficient (Wildman–Crippen LogP) is 5.80. The number of aromatic nitrogens is 1. The summed E-state index contributed by atoms with van der Waals surface area (Å²) in [6.45, 7) is 21.8. The number of carbonyl (C=O) groups is 1. The minimum Gasteiger partial charge on any atom is -0.444 e. The van der Waals surface area contributed by atoms with E-state index in [1.165, 1.54) is 0 Å². The molecule has 1 atom stereocenters. The van der Waals surface area contributed by atoms with E-state index < -0.39 is 33.7 Å². The second kappa shape index (κ2) is 12.0. The van der Waals surface area contributed by atoms with E-state index in [1.807, 2.05) is 20.8 Å². The number of hydrogen-bond donors (Lipinski definition) is 0. The molecular formula is C25H45N2O7PSi. The first kappa shape index (κ1) is 30.9. The molecule has 206 valence electrons. The van der Waals surface area contributed by atoms with Crippen molar-refractivity contribution >= 4 is 27.4 Å². The van der Waals surface area contributed by atoms with Crippen LogP contribution in [-0.2, 0) is 34.1 Å². The zero-order valence-corrected chi connectivity index (χ0v) is 25.6. The van der Waals surface area contributed by atoms with Crippen molar-refractivity contribution in [1.82, 2.24) is 9.88 Å². The topological polar surface area (TPSA) is 96.4 Å². The summed E-state index contributed by atoms with van der Waals surface area (Å²) in [4.78, 5) is 19.2. The first-order chi connectivity index (χ1) is 16.5. The van der Waals surface area contributed by atoms with Crippen LogP contribution in [0.4, 0.5) is 4.79 Å². The maximum absolute atomic E-state index is 13.4. The number of ether oxygens (including phenoxy) is 2. The molecule has 2 rings (SSSR count). The Morgan fingerprint density at radius 1 is 1.08 bits per heavy atom. The molecule has 1 aliphatic rings. The molecule has 0 spiro atoms. The van der Waals surface area contributed by atoms with Crippen LogP contribution in [-0.4, -0.2) is 62.9 Å². The lowest BCUT2D eigenvalue weighted by molar-refractivity contribution is -0.0207. The van der Waals surface area contributed by atoms with Crippen LogP contribution in [0.2, 0.25) is 18.1 Å². The fraction of sp³-hybridized carbons (Fsp3) is 0.760. The molecule has 0 aliphatic carbocycles. The average Bonchev–Trinajstić information content (AvgIpc) is 2.74. The van der Waals surface area contributed by atoms with E-state index in [9.17, 15) is 9.36 Å². The van der Waals surface area contributed by atoms with Gasteiger partial charge < -0.3 is 27.8 Å². The minimum atomic E-state index is -3.57. The molecule has 36 heavy (non-hydrogen) atoms. The first-order valence-electron chi connectivity index (χ1n) is 12.7. The second-order valence-corrected chi connectivity index (χ2v) is 18.2. The van der Waals surface area contributed by atoms with E-state index in [-0.39, 0.29) is 30.2 Å². The van der Waals surface area contributed by atoms with E-state index in [2.05, 4.69) is 33.9 Å². The molecule has 1 aromatic rings. The van der Waals surface area contributed by atoms with Gasteiger partial charge in [-0.15, -0.1) is 0 Å². The summed E-state index contributed by atoms with van der Waals surface area (Å²) in [5, 5.41) is 0.0914. The number of rotatable bonds is 10. The van der Waals surface area contributed by atoms with Gasteiger partial charge in [-0.1, -0.05) is 26.8 Å². The Hall–Kier alpha value is -1.29. The molecule has 0 aromatic carbocycles. The molecule has 0 bridgehead atoms. The number of amides is 1. The summed E-state index contributed by atoms with van der Waals surface area (Å²) in [6, 6.07) is 3.45. The lowest BCUT2D eigenvalue weighted by Crippen LogP contribution is -2.43. The normalized spacial score (nSPS) is 17.2. The lowest BCUT2D eigenvalue weighted by atomic mass is 10.0. The van der Waals surface area contributed by atoms with Gasteiger partial charge in [0.1, 0.15) is 11.7 Å². The van der Waals surface area contributed by atoms with Crippen LogP contribution in [0, 0.1) is 0 Å². The SMILES string of the molecule is CCOP(=O)(OCC)c1ccc2c(n1)C(OCCO[Si](C)(C)C(C)(C)C)CN(C(=O)OC(C)(C)C)C2. The summed E-state index contributed by atoms with van der Waals surface area (Å²) < 4.78 is 42.4. The van der Waals surface area contributed by atoms with Gasteiger partial charge in [-0.3, -0.25) is 4.57 Å². The van der Waals surface area contributed by atoms with Gasteiger partial charge in [0.05, 0.1) is 45.2 Å². The first-order valence-corrected chi connectivity index (χ1v) is 17.1. The maximum atomic E-state index is 13.4. The summed E-state index contributed by atoms with van der Waals surface area (Å²) in [6.07, 6.45) is -0.960. The highest BCUT2D eigenvalue weighted by molar-refractivity contribution is 7.61. The third kappa shape index (κ3) is 8.10. The fourth-order valence-corrected chi connectivity index (χ4v) is 5.96. The highest BCUT2D eigenvalue weighted by atomic mass is 31.2. The van der Waals surface area contributed by atoms with E-state index in [0.717, 1.165) is 5.56 Å². The molecule has 1 aromatic heterocycles. The molecule has 1 unspecified atom stereocenters. The Bertz CT molecular complexity index is 933. The largest absolute Gasteiger partial charge is 0.444 e. The van der Waals surface area contributed by atoms with Crippen molar-refractivity contribution in [2.45, 2.75) is 91.8 Å². The summed E-state index contributed by atoms with van der Waals surface area (Å²) in [7, 11) is -5.49. The average molecular weight is 545 g/mol. The van der Waals surface area contributed by atoms with E-state index in [1.54, 1.807) is 30.9 Å². The Morgan fingerprint density at radius 3 is 2.22 bits per heavy atom. The minimum absolute atomic E-state index is 0.0914. The van der Waals surface area contributed by atoms with Crippen LogP contribution in [0.5, 0.6) is 0 Å². The third-order valence-electron chi connectivity index (χ3n) is 6.25. The molecule has 2 heterocycles. The van der Waals surface area contributed by atoms with Gasteiger partial charge in [0.25, 0.3) is 0 Å². The number of hydrogen-bond acceptors (Lipinski definition) is 8. The van der Waals surface area contributed by atoms with Gasteiger partial charge in [-0.2, -0.15) is 0 Å². The molecule has 0 N–H and O–H groups in total. The molecular weight excluding hydrogens is 499 g/mol. The zero-order valence-electron chi connectivity index (χ0n) is 23.7. The van der Waals surface area contributed by atoms with Crippen molar-refractivity contribution in [2.75, 3.05) is 33.0 Å². The Kier molecular flexibility index (Phi) is 10.4. The maximum Gasteiger partial charge on any atom is 0.410 e. The van der Waals surface area contributed by atoms with Gasteiger partial charge in [-0.05, 0) is 64.4 Å². The zero-order chi connectivity index (χ0) is 27.4. The van der Waals surface area contributed by atoms with Crippen LogP contribution in [0.3, 0.4) is 0 Å². The number of pyridine rings is 1. The lowest BCUT2D eigenvalue weighted by Gasteiger charge is -2.37. The van der Waals surface area contributed by atoms with Crippen LogP contribution >= 0.6 is 7.60 Å². The van der Waals surface area contributed by atoms with Crippen LogP contribution in [0.15, 0.2) is 12.1 Å². The smallest absolute Gasteiger partial charge is 0.410 e. The number of carbonyl (C=O) groups excluding carboxylic acids is 1. The molecule has 0 saturated carbocycles. The van der Waals surface area contributed by atoms with Crippen molar-refractivity contribution in [3.8, 4) is 0 Å². The van der Waals surface area contributed by atoms with Gasteiger partial charge in [0.15, 0.2) is 13.8 Å². The summed E-state index contributed by atoms with van der Waals surface area (Å²) in [5.74, 6) is 0. The van der Waals surface area contributed by atoms with Crippen LogP contribution in [0.25, 0.3) is 0 Å². The molecule has 11 heteroatoms. The Balaban J connectivity index is 2.31. The number of fused-ring (bicyclic) bond motifs is 1. The number of nitrogens with zero attached hydrogens (tertiary/aromatic N) is 2. The second-order valence-electron chi connectivity index (χ2n) is 11.4. The van der Waals surface area contributed by atoms with Crippen molar-refractivity contribution in [3.05, 3.63) is 23.4 Å². The summed E-state index contributed by atoms with van der Waals surface area (Å²) in [5.41, 5.74) is 1.04. The van der Waals surface area contributed by atoms with Crippen molar-refractivity contribution < 1.29 is 32.3 Å². The van der Waals surface area contributed by atoms with Crippen LogP contribution in [0.1, 0.15) is 72.8 Å². The van der Waals surface area contributed by atoms with Gasteiger partial charge in [0.2, 0.25) is 0 Å². The molecule has 9 nitrogen and oxygen atoms in total. The van der Waals surface area contributed by atoms with Gasteiger partial charge in [-0.25, -0.2) is 9.78 Å². The summed E-state index contributed by atoms with van der Waals surface area (Å²) >= 11 is 0. The molecule has 1 aliphatic heterocycles. The van der Waals surface area contributed by atoms with Crippen LogP contribution < -0.4 is 5.44 Å². The Morgan fingerprint density at radius 2 is 1.69 bits per heavy atom. The van der Waals surface area contributed by atoms with E-state index in [4.69, 9.17) is 27.9 Å². The van der Waals surface area contributed by atoms with Crippen molar-refractivity contribution in [2.24, 2.45) is 0 Å². The fourth-order valence-electron chi connectivity index (χ4n) is 3.43. The van der Waals surface area contributed by atoms with Gasteiger partial charge >= 0.3 is 13.7 Å². The quantitative estimate of drug-likeness (QED) is 0.207. The predicted molar refractivity (Wildman–Crippen MR) is 143 cm³/mol. The van der Waals surface area contributed by atoms with Crippen molar-refractivity contribution in [3.63, 3.8) is 0 Å². The highest BCUT2D eigenvalue weighted by Crippen LogP contribution is 2.46. The standard InChI is InChI=1S/C25H45N2O7PSi/c1-11-31-35(29,32-12-2)21-14-13-19-17-27(23(28)34-24(3,4)5)18-20(22(19)26-21)30-15-16-33-36(9,10)25(6,7)8/h13-14,20H,11-12,15-18H2,1-10H3. The molecule has 0 fully saturated rings. The van der Waals surface area contributed by atoms with E-state index in [0.29, 0.717) is 25.5 Å². The van der Waals surface area contributed by atoms with E-state index >= 15 is 0 Å². The molecule has 1 amide bonds. The highest BCUT2D eigenvalue weighted by Gasteiger charge is 2.38. The monoisotopic (exact) mass is 544 g/mol. The molecule has 0 saturated heterocycles.